The molecule has 4 nitrogen and oxygen atoms in total. The van der Waals surface area contributed by atoms with Crippen molar-refractivity contribution in [1.82, 2.24) is 4.98 Å². The van der Waals surface area contributed by atoms with Gasteiger partial charge in [-0.25, -0.2) is 0 Å². The molecule has 0 unspecified atom stereocenters. The zero-order valence-corrected chi connectivity index (χ0v) is 12.5. The number of ether oxygens (including phenoxy) is 1. The van der Waals surface area contributed by atoms with E-state index in [-0.39, 0.29) is 5.91 Å². The van der Waals surface area contributed by atoms with Crippen LogP contribution in [0.4, 0.5) is 5.69 Å². The molecule has 0 atom stereocenters. The molecular weight excluding hydrogens is 276 g/mol. The van der Waals surface area contributed by atoms with Gasteiger partial charge in [-0.15, -0.1) is 0 Å². The number of aromatic amines is 1. The van der Waals surface area contributed by atoms with E-state index in [0.717, 1.165) is 22.3 Å². The summed E-state index contributed by atoms with van der Waals surface area (Å²) in [5.41, 5.74) is 1.93. The molecular formula is C18H18N2O2. The number of hydrogen-bond donors (Lipinski definition) is 1. The molecule has 22 heavy (non-hydrogen) atoms. The third kappa shape index (κ3) is 2.96. The van der Waals surface area contributed by atoms with Crippen LogP contribution in [0.15, 0.2) is 60.8 Å². The van der Waals surface area contributed by atoms with Crippen LogP contribution >= 0.6 is 0 Å². The number of hydrogen-bond acceptors (Lipinski definition) is 2. The Morgan fingerprint density at radius 3 is 2.59 bits per heavy atom. The average Bonchev–Trinajstić information content (AvgIpc) is 2.95. The van der Waals surface area contributed by atoms with Crippen molar-refractivity contribution in [3.63, 3.8) is 0 Å². The fraction of sp³-hybridized carbons (Fsp3) is 0.167. The molecule has 2 aromatic carbocycles. The van der Waals surface area contributed by atoms with Gasteiger partial charge in [-0.05, 0) is 24.3 Å². The number of carbonyl (C=O) groups is 1. The van der Waals surface area contributed by atoms with Gasteiger partial charge in [0.15, 0.2) is 0 Å². The largest absolute Gasteiger partial charge is 0.489 e. The molecule has 1 N–H and O–H groups in total. The van der Waals surface area contributed by atoms with E-state index in [1.807, 2.05) is 60.8 Å². The number of aromatic nitrogens is 1. The van der Waals surface area contributed by atoms with Crippen LogP contribution in [-0.4, -0.2) is 24.0 Å². The van der Waals surface area contributed by atoms with Crippen LogP contribution in [0.25, 0.3) is 10.9 Å². The number of amides is 1. The number of benzene rings is 2. The molecule has 0 radical (unpaired) electrons. The predicted molar refractivity (Wildman–Crippen MR) is 88.3 cm³/mol. The second-order valence-corrected chi connectivity index (χ2v) is 5.05. The van der Waals surface area contributed by atoms with Crippen molar-refractivity contribution in [3.05, 3.63) is 60.8 Å². The minimum absolute atomic E-state index is 0.00808. The smallest absolute Gasteiger partial charge is 0.223 e. The maximum absolute atomic E-state index is 11.8. The summed E-state index contributed by atoms with van der Waals surface area (Å²) in [6, 6.07) is 17.6. The second-order valence-electron chi connectivity index (χ2n) is 5.05. The molecule has 4 heteroatoms. The molecule has 3 aromatic rings. The molecule has 0 aliphatic rings. The van der Waals surface area contributed by atoms with Crippen LogP contribution in [0.2, 0.25) is 0 Å². The number of rotatable bonds is 5. The Bertz CT molecular complexity index is 765. The highest BCUT2D eigenvalue weighted by atomic mass is 16.5. The van der Waals surface area contributed by atoms with E-state index in [2.05, 4.69) is 4.98 Å². The van der Waals surface area contributed by atoms with Crippen molar-refractivity contribution in [2.45, 2.75) is 6.92 Å². The van der Waals surface area contributed by atoms with Crippen molar-refractivity contribution in [2.24, 2.45) is 0 Å². The molecule has 1 amide bonds. The zero-order valence-electron chi connectivity index (χ0n) is 12.5. The molecule has 0 saturated carbocycles. The minimum Gasteiger partial charge on any atom is -0.489 e. The lowest BCUT2D eigenvalue weighted by molar-refractivity contribution is -0.116. The number of carbonyl (C=O) groups excluding carboxylic acids is 1. The molecule has 112 valence electrons. The monoisotopic (exact) mass is 294 g/mol. The minimum atomic E-state index is 0.00808. The van der Waals surface area contributed by atoms with Gasteiger partial charge in [0.25, 0.3) is 0 Å². The number of para-hydroxylation sites is 2. The number of fused-ring (bicyclic) bond motifs is 1. The Morgan fingerprint density at radius 2 is 1.82 bits per heavy atom. The first-order chi connectivity index (χ1) is 10.8. The Kier molecular flexibility index (Phi) is 4.10. The van der Waals surface area contributed by atoms with Crippen molar-refractivity contribution < 1.29 is 9.53 Å². The standard InChI is InChI=1S/C18H18N2O2/c1-14(21)20(15-7-3-2-4-8-15)11-12-22-18-13-19-17-10-6-5-9-16(17)18/h2-10,13,19H,11-12H2,1H3. The summed E-state index contributed by atoms with van der Waals surface area (Å²) in [6.07, 6.45) is 1.85. The van der Waals surface area contributed by atoms with Gasteiger partial charge in [-0.3, -0.25) is 4.79 Å². The van der Waals surface area contributed by atoms with E-state index in [0.29, 0.717) is 13.2 Å². The van der Waals surface area contributed by atoms with E-state index >= 15 is 0 Å². The first kappa shape index (κ1) is 14.2. The van der Waals surface area contributed by atoms with Crippen molar-refractivity contribution in [3.8, 4) is 5.75 Å². The summed E-state index contributed by atoms with van der Waals surface area (Å²) in [7, 11) is 0. The van der Waals surface area contributed by atoms with Crippen LogP contribution < -0.4 is 9.64 Å². The molecule has 0 fully saturated rings. The topological polar surface area (TPSA) is 45.3 Å². The van der Waals surface area contributed by atoms with Gasteiger partial charge in [0.05, 0.1) is 6.54 Å². The van der Waals surface area contributed by atoms with Gasteiger partial charge < -0.3 is 14.6 Å². The van der Waals surface area contributed by atoms with Crippen LogP contribution in [0, 0.1) is 0 Å². The molecule has 1 heterocycles. The highest BCUT2D eigenvalue weighted by Gasteiger charge is 2.11. The van der Waals surface area contributed by atoms with Crippen molar-refractivity contribution in [1.29, 1.82) is 0 Å². The molecule has 0 aliphatic carbocycles. The zero-order chi connectivity index (χ0) is 15.4. The van der Waals surface area contributed by atoms with Crippen LogP contribution in [0.3, 0.4) is 0 Å². The lowest BCUT2D eigenvalue weighted by atomic mass is 10.2. The Morgan fingerprint density at radius 1 is 1.09 bits per heavy atom. The molecule has 0 spiro atoms. The van der Waals surface area contributed by atoms with Gasteiger partial charge in [0, 0.05) is 29.7 Å². The van der Waals surface area contributed by atoms with E-state index in [9.17, 15) is 4.79 Å². The molecule has 3 rings (SSSR count). The second kappa shape index (κ2) is 6.35. The first-order valence-electron chi connectivity index (χ1n) is 7.28. The lowest BCUT2D eigenvalue weighted by Gasteiger charge is -2.21. The van der Waals surface area contributed by atoms with E-state index in [1.165, 1.54) is 0 Å². The van der Waals surface area contributed by atoms with Gasteiger partial charge in [0.2, 0.25) is 5.91 Å². The summed E-state index contributed by atoms with van der Waals surface area (Å²) < 4.78 is 5.84. The molecule has 0 aliphatic heterocycles. The van der Waals surface area contributed by atoms with E-state index in [4.69, 9.17) is 4.74 Å². The fourth-order valence-corrected chi connectivity index (χ4v) is 2.49. The van der Waals surface area contributed by atoms with E-state index in [1.54, 1.807) is 11.8 Å². The number of nitrogens with one attached hydrogen (secondary N) is 1. The number of anilines is 1. The van der Waals surface area contributed by atoms with Gasteiger partial charge in [-0.1, -0.05) is 30.3 Å². The van der Waals surface area contributed by atoms with Crippen LogP contribution in [0.1, 0.15) is 6.92 Å². The first-order valence-corrected chi connectivity index (χ1v) is 7.28. The SMILES string of the molecule is CC(=O)N(CCOc1c[nH]c2ccccc12)c1ccccc1. The van der Waals surface area contributed by atoms with Crippen LogP contribution in [0.5, 0.6) is 5.75 Å². The Balaban J connectivity index is 1.67. The normalized spacial score (nSPS) is 10.6. The van der Waals surface area contributed by atoms with Gasteiger partial charge >= 0.3 is 0 Å². The quantitative estimate of drug-likeness (QED) is 0.781. The predicted octanol–water partition coefficient (Wildman–Crippen LogP) is 3.60. The Labute approximate surface area is 129 Å². The highest BCUT2D eigenvalue weighted by molar-refractivity contribution is 5.91. The van der Waals surface area contributed by atoms with Crippen LogP contribution in [-0.2, 0) is 4.79 Å². The summed E-state index contributed by atoms with van der Waals surface area (Å²) in [5, 5.41) is 1.05. The third-order valence-electron chi connectivity index (χ3n) is 3.57. The fourth-order valence-electron chi connectivity index (χ4n) is 2.49. The molecule has 0 saturated heterocycles. The van der Waals surface area contributed by atoms with Gasteiger partial charge in [0.1, 0.15) is 12.4 Å². The summed E-state index contributed by atoms with van der Waals surface area (Å²) in [5.74, 6) is 0.820. The van der Waals surface area contributed by atoms with Crippen molar-refractivity contribution in [2.75, 3.05) is 18.1 Å². The molecule has 0 bridgehead atoms. The number of nitrogens with zero attached hydrogens (tertiary/aromatic N) is 1. The maximum Gasteiger partial charge on any atom is 0.223 e. The lowest BCUT2D eigenvalue weighted by Crippen LogP contribution is -2.32. The summed E-state index contributed by atoms with van der Waals surface area (Å²) >= 11 is 0. The van der Waals surface area contributed by atoms with Crippen molar-refractivity contribution >= 4 is 22.5 Å². The molecule has 1 aromatic heterocycles. The highest BCUT2D eigenvalue weighted by Crippen LogP contribution is 2.24. The van der Waals surface area contributed by atoms with Gasteiger partial charge in [-0.2, -0.15) is 0 Å². The maximum atomic E-state index is 11.8. The third-order valence-corrected chi connectivity index (χ3v) is 3.57. The summed E-state index contributed by atoms with van der Waals surface area (Å²) in [6.45, 7) is 2.52. The number of H-pyrrole nitrogens is 1. The summed E-state index contributed by atoms with van der Waals surface area (Å²) in [4.78, 5) is 16.7. The van der Waals surface area contributed by atoms with E-state index < -0.39 is 0 Å². The Hall–Kier alpha value is -2.75. The average molecular weight is 294 g/mol.